The fourth-order valence-electron chi connectivity index (χ4n) is 4.02. The van der Waals surface area contributed by atoms with Crippen molar-refractivity contribution in [3.05, 3.63) is 65.4 Å². The number of ketones is 1. The van der Waals surface area contributed by atoms with Crippen molar-refractivity contribution in [3.63, 3.8) is 0 Å². The Hall–Kier alpha value is -3.08. The normalized spacial score (nSPS) is 17.3. The summed E-state index contributed by atoms with van der Waals surface area (Å²) in [5.74, 6) is 2.23. The highest BCUT2D eigenvalue weighted by Gasteiger charge is 2.36. The minimum absolute atomic E-state index is 0.190. The maximum Gasteiger partial charge on any atom is 0.182 e. The van der Waals surface area contributed by atoms with Crippen molar-refractivity contribution in [2.45, 2.75) is 65.6 Å². The van der Waals surface area contributed by atoms with E-state index in [9.17, 15) is 9.59 Å². The zero-order valence-corrected chi connectivity index (χ0v) is 21.3. The molecule has 3 saturated heterocycles. The molecule has 2 bridgehead atoms. The number of fused-ring (bicyclic) bond motifs is 3. The van der Waals surface area contributed by atoms with E-state index in [1.807, 2.05) is 71.9 Å². The monoisotopic (exact) mass is 463 g/mol. The van der Waals surface area contributed by atoms with Crippen LogP contribution in [-0.2, 0) is 4.79 Å². The zero-order valence-electron chi connectivity index (χ0n) is 21.3. The molecule has 0 unspecified atom stereocenters. The molecule has 0 spiro atoms. The first kappa shape index (κ1) is 25.5. The number of Topliss-reactive ketones (excluding diaryl/α,β-unsaturated/α-hetero) is 1. The van der Waals surface area contributed by atoms with Crippen molar-refractivity contribution in [2.75, 3.05) is 13.1 Å². The van der Waals surface area contributed by atoms with Crippen molar-refractivity contribution < 1.29 is 19.1 Å². The summed E-state index contributed by atoms with van der Waals surface area (Å²) in [5.41, 5.74) is 2.24. The van der Waals surface area contributed by atoms with Gasteiger partial charge in [-0.25, -0.2) is 0 Å². The molecule has 0 amide bonds. The van der Waals surface area contributed by atoms with Crippen LogP contribution in [0.2, 0.25) is 0 Å². The number of nitrogens with zero attached hydrogens (tertiary/aromatic N) is 1. The highest BCUT2D eigenvalue weighted by Crippen LogP contribution is 2.32. The number of hydrogen-bond acceptors (Lipinski definition) is 5. The molecule has 3 aliphatic rings. The van der Waals surface area contributed by atoms with Crippen LogP contribution in [0.3, 0.4) is 0 Å². The number of rotatable bonds is 4. The first-order valence-electron chi connectivity index (χ1n) is 12.0. The summed E-state index contributed by atoms with van der Waals surface area (Å²) >= 11 is 0. The second-order valence-corrected chi connectivity index (χ2v) is 10.8. The van der Waals surface area contributed by atoms with Crippen molar-refractivity contribution in [2.24, 2.45) is 5.92 Å². The number of benzene rings is 2. The predicted octanol–water partition coefficient (Wildman–Crippen LogP) is 6.18. The molecule has 0 atom stereocenters. The van der Waals surface area contributed by atoms with Crippen LogP contribution in [-0.4, -0.2) is 41.3 Å². The van der Waals surface area contributed by atoms with Crippen molar-refractivity contribution >= 4 is 18.1 Å². The molecular weight excluding hydrogens is 426 g/mol. The Labute approximate surface area is 203 Å². The van der Waals surface area contributed by atoms with Gasteiger partial charge in [0.1, 0.15) is 29.0 Å². The largest absolute Gasteiger partial charge is 0.488 e. The SMILES string of the molecule is CC(C)(C)Oc1ccc(/C=C2/C(=O)C3CCN2CC3)cc1.CC(C)(C)Oc1ccc(C=O)cc1. The molecule has 34 heavy (non-hydrogen) atoms. The van der Waals surface area contributed by atoms with Crippen LogP contribution in [0.1, 0.15) is 70.3 Å². The quantitative estimate of drug-likeness (QED) is 0.401. The standard InChI is InChI=1S/C18H23NO2.C11H14O2/c1-18(2,3)21-15-6-4-13(5-7-15)12-16-17(20)14-8-10-19(16)11-9-14;1-11(2,3)13-10-6-4-9(8-12)5-7-10/h4-7,12,14H,8-11H2,1-3H3;4-8H,1-3H3/b16-12-;. The van der Waals surface area contributed by atoms with Gasteiger partial charge in [-0.05, 0) is 102 Å². The molecule has 3 aliphatic heterocycles. The molecule has 2 aromatic rings. The van der Waals surface area contributed by atoms with Crippen molar-refractivity contribution in [3.8, 4) is 11.5 Å². The van der Waals surface area contributed by atoms with E-state index in [0.717, 1.165) is 55.0 Å². The fraction of sp³-hybridized carbons (Fsp3) is 0.448. The summed E-state index contributed by atoms with van der Waals surface area (Å²) in [4.78, 5) is 24.9. The van der Waals surface area contributed by atoms with Gasteiger partial charge >= 0.3 is 0 Å². The third-order valence-corrected chi connectivity index (χ3v) is 5.51. The number of hydrogen-bond donors (Lipinski definition) is 0. The average Bonchev–Trinajstić information content (AvgIpc) is 2.77. The molecule has 3 fully saturated rings. The lowest BCUT2D eigenvalue weighted by molar-refractivity contribution is -0.125. The minimum atomic E-state index is -0.192. The third kappa shape index (κ3) is 7.47. The summed E-state index contributed by atoms with van der Waals surface area (Å²) in [6, 6.07) is 15.1. The summed E-state index contributed by atoms with van der Waals surface area (Å²) in [5, 5.41) is 0. The number of piperidine rings is 3. The lowest BCUT2D eigenvalue weighted by Crippen LogP contribution is -2.45. The molecule has 0 saturated carbocycles. The zero-order chi connectivity index (χ0) is 24.9. The van der Waals surface area contributed by atoms with E-state index >= 15 is 0 Å². The fourth-order valence-corrected chi connectivity index (χ4v) is 4.02. The molecule has 3 heterocycles. The maximum absolute atomic E-state index is 12.3. The van der Waals surface area contributed by atoms with Crippen LogP contribution in [0.4, 0.5) is 0 Å². The highest BCUT2D eigenvalue weighted by atomic mass is 16.5. The van der Waals surface area contributed by atoms with Gasteiger partial charge in [0.2, 0.25) is 0 Å². The second kappa shape index (κ2) is 10.5. The third-order valence-electron chi connectivity index (χ3n) is 5.51. The van der Waals surface area contributed by atoms with Gasteiger partial charge in [-0.3, -0.25) is 9.59 Å². The number of aldehydes is 1. The van der Waals surface area contributed by atoms with E-state index in [1.165, 1.54) is 0 Å². The van der Waals surface area contributed by atoms with Crippen LogP contribution in [0.5, 0.6) is 11.5 Å². The Kier molecular flexibility index (Phi) is 7.86. The number of carbonyl (C=O) groups excluding carboxylic acids is 2. The van der Waals surface area contributed by atoms with E-state index in [1.54, 1.807) is 24.3 Å². The van der Waals surface area contributed by atoms with E-state index < -0.39 is 0 Å². The molecule has 0 radical (unpaired) electrons. The van der Waals surface area contributed by atoms with Gasteiger partial charge in [0.25, 0.3) is 0 Å². The summed E-state index contributed by atoms with van der Waals surface area (Å²) < 4.78 is 11.4. The highest BCUT2D eigenvalue weighted by molar-refractivity contribution is 6.01. The lowest BCUT2D eigenvalue weighted by Gasteiger charge is -2.41. The second-order valence-electron chi connectivity index (χ2n) is 10.8. The van der Waals surface area contributed by atoms with Crippen LogP contribution in [0.15, 0.2) is 54.2 Å². The predicted molar refractivity (Wildman–Crippen MR) is 136 cm³/mol. The van der Waals surface area contributed by atoms with Crippen LogP contribution >= 0.6 is 0 Å². The molecule has 182 valence electrons. The topological polar surface area (TPSA) is 55.8 Å². The summed E-state index contributed by atoms with van der Waals surface area (Å²) in [6.07, 6.45) is 4.89. The van der Waals surface area contributed by atoms with Crippen LogP contribution < -0.4 is 9.47 Å². The van der Waals surface area contributed by atoms with E-state index in [-0.39, 0.29) is 17.1 Å². The lowest BCUT2D eigenvalue weighted by atomic mass is 9.84. The van der Waals surface area contributed by atoms with Crippen LogP contribution in [0, 0.1) is 5.92 Å². The van der Waals surface area contributed by atoms with Gasteiger partial charge in [-0.2, -0.15) is 0 Å². The van der Waals surface area contributed by atoms with Gasteiger partial charge in [0, 0.05) is 24.6 Å². The molecule has 5 heteroatoms. The van der Waals surface area contributed by atoms with Gasteiger partial charge in [0.05, 0.1) is 5.70 Å². The van der Waals surface area contributed by atoms with Gasteiger partial charge in [0.15, 0.2) is 5.78 Å². The average molecular weight is 464 g/mol. The summed E-state index contributed by atoms with van der Waals surface area (Å²) in [6.45, 7) is 14.1. The smallest absolute Gasteiger partial charge is 0.182 e. The number of ether oxygens (including phenoxy) is 2. The van der Waals surface area contributed by atoms with Gasteiger partial charge in [-0.15, -0.1) is 0 Å². The molecule has 0 aliphatic carbocycles. The van der Waals surface area contributed by atoms with Crippen LogP contribution in [0.25, 0.3) is 6.08 Å². The van der Waals surface area contributed by atoms with E-state index in [0.29, 0.717) is 11.3 Å². The Balaban J connectivity index is 0.000000215. The van der Waals surface area contributed by atoms with Gasteiger partial charge < -0.3 is 14.4 Å². The Morgan fingerprint density at radius 2 is 1.21 bits per heavy atom. The number of allylic oxidation sites excluding steroid dienone is 1. The van der Waals surface area contributed by atoms with Gasteiger partial charge in [-0.1, -0.05) is 12.1 Å². The molecular formula is C29H37NO4. The Bertz CT molecular complexity index is 1000. The molecule has 0 N–H and O–H groups in total. The van der Waals surface area contributed by atoms with E-state index in [2.05, 4.69) is 4.90 Å². The van der Waals surface area contributed by atoms with Crippen molar-refractivity contribution in [1.82, 2.24) is 4.90 Å². The first-order chi connectivity index (χ1) is 15.9. The summed E-state index contributed by atoms with van der Waals surface area (Å²) in [7, 11) is 0. The Morgan fingerprint density at radius 3 is 1.59 bits per heavy atom. The number of carbonyl (C=O) groups is 2. The first-order valence-corrected chi connectivity index (χ1v) is 12.0. The molecule has 5 nitrogen and oxygen atoms in total. The van der Waals surface area contributed by atoms with Crippen molar-refractivity contribution in [1.29, 1.82) is 0 Å². The molecule has 5 rings (SSSR count). The molecule has 2 aromatic carbocycles. The minimum Gasteiger partial charge on any atom is -0.488 e. The maximum atomic E-state index is 12.3. The molecule has 0 aromatic heterocycles. The Morgan fingerprint density at radius 1 is 0.765 bits per heavy atom. The van der Waals surface area contributed by atoms with E-state index in [4.69, 9.17) is 9.47 Å².